The van der Waals surface area contributed by atoms with Gasteiger partial charge in [0, 0.05) is 16.5 Å². The Morgan fingerprint density at radius 2 is 1.86 bits per heavy atom. The van der Waals surface area contributed by atoms with Crippen LogP contribution in [0.1, 0.15) is 31.4 Å². The lowest BCUT2D eigenvalue weighted by Crippen LogP contribution is -2.28. The molecule has 1 aliphatic rings. The molecule has 1 aliphatic carbocycles. The number of carbonyl (C=O) groups excluding carboxylic acids is 1. The summed E-state index contributed by atoms with van der Waals surface area (Å²) in [5, 5.41) is 3.66. The molecule has 0 radical (unpaired) electrons. The van der Waals surface area contributed by atoms with Crippen molar-refractivity contribution < 1.29 is 9.21 Å². The summed E-state index contributed by atoms with van der Waals surface area (Å²) >= 11 is 5.87. The number of rotatable bonds is 4. The van der Waals surface area contributed by atoms with E-state index in [1.165, 1.54) is 12.8 Å². The molecule has 21 heavy (non-hydrogen) atoms. The van der Waals surface area contributed by atoms with E-state index in [9.17, 15) is 4.79 Å². The Morgan fingerprint density at radius 3 is 2.57 bits per heavy atom. The molecule has 0 aliphatic heterocycles. The van der Waals surface area contributed by atoms with Crippen LogP contribution in [0, 0.1) is 5.92 Å². The second-order valence-corrected chi connectivity index (χ2v) is 5.91. The minimum Gasteiger partial charge on any atom is -0.459 e. The minimum atomic E-state index is 0.150. The van der Waals surface area contributed by atoms with Crippen molar-refractivity contribution in [2.75, 3.05) is 0 Å². The SMILES string of the molecule is O=C(NCc1ccc(-c2ccc(Cl)cc2)o1)C1CCCC1. The Kier molecular flexibility index (Phi) is 4.30. The number of benzene rings is 1. The van der Waals surface area contributed by atoms with Gasteiger partial charge in [0.1, 0.15) is 11.5 Å². The van der Waals surface area contributed by atoms with Crippen molar-refractivity contribution in [2.24, 2.45) is 5.92 Å². The lowest BCUT2D eigenvalue weighted by atomic mass is 10.1. The molecule has 1 saturated carbocycles. The number of halogens is 1. The summed E-state index contributed by atoms with van der Waals surface area (Å²) in [7, 11) is 0. The van der Waals surface area contributed by atoms with Gasteiger partial charge in [0.15, 0.2) is 0 Å². The highest BCUT2D eigenvalue weighted by Crippen LogP contribution is 2.26. The van der Waals surface area contributed by atoms with Crippen LogP contribution in [0.15, 0.2) is 40.8 Å². The molecule has 4 heteroatoms. The number of hydrogen-bond acceptors (Lipinski definition) is 2. The van der Waals surface area contributed by atoms with E-state index >= 15 is 0 Å². The van der Waals surface area contributed by atoms with Gasteiger partial charge in [-0.05, 0) is 49.2 Å². The second-order valence-electron chi connectivity index (χ2n) is 5.47. The van der Waals surface area contributed by atoms with E-state index in [-0.39, 0.29) is 11.8 Å². The van der Waals surface area contributed by atoms with Gasteiger partial charge in [-0.15, -0.1) is 0 Å². The summed E-state index contributed by atoms with van der Waals surface area (Å²) in [5.74, 6) is 1.90. The molecule has 1 heterocycles. The minimum absolute atomic E-state index is 0.150. The van der Waals surface area contributed by atoms with Crippen LogP contribution in [0.2, 0.25) is 5.02 Å². The van der Waals surface area contributed by atoms with Gasteiger partial charge in [0.25, 0.3) is 0 Å². The average Bonchev–Trinajstić information content (AvgIpc) is 3.17. The molecule has 0 saturated heterocycles. The zero-order valence-electron chi connectivity index (χ0n) is 11.8. The Balaban J connectivity index is 1.60. The monoisotopic (exact) mass is 303 g/mol. The van der Waals surface area contributed by atoms with Crippen molar-refractivity contribution in [3.63, 3.8) is 0 Å². The largest absolute Gasteiger partial charge is 0.459 e. The molecule has 1 fully saturated rings. The third-order valence-electron chi connectivity index (χ3n) is 3.95. The Labute approximate surface area is 129 Å². The topological polar surface area (TPSA) is 42.2 Å². The van der Waals surface area contributed by atoms with Gasteiger partial charge in [0.05, 0.1) is 6.54 Å². The van der Waals surface area contributed by atoms with Crippen LogP contribution < -0.4 is 5.32 Å². The zero-order valence-corrected chi connectivity index (χ0v) is 12.5. The standard InChI is InChI=1S/C17H18ClNO2/c18-14-7-5-12(6-8-14)16-10-9-15(21-16)11-19-17(20)13-3-1-2-4-13/h5-10,13H,1-4,11H2,(H,19,20). The van der Waals surface area contributed by atoms with Gasteiger partial charge in [0.2, 0.25) is 5.91 Å². The third kappa shape index (κ3) is 3.48. The molecule has 2 aromatic rings. The number of furan rings is 1. The molecule has 0 unspecified atom stereocenters. The van der Waals surface area contributed by atoms with Gasteiger partial charge in [-0.1, -0.05) is 24.4 Å². The maximum Gasteiger partial charge on any atom is 0.223 e. The van der Waals surface area contributed by atoms with Gasteiger partial charge in [-0.25, -0.2) is 0 Å². The van der Waals surface area contributed by atoms with Crippen molar-refractivity contribution in [1.82, 2.24) is 5.32 Å². The summed E-state index contributed by atoms with van der Waals surface area (Å²) in [4.78, 5) is 12.0. The van der Waals surface area contributed by atoms with E-state index in [0.29, 0.717) is 11.6 Å². The fourth-order valence-corrected chi connectivity index (χ4v) is 2.87. The lowest BCUT2D eigenvalue weighted by Gasteiger charge is -2.08. The van der Waals surface area contributed by atoms with Gasteiger partial charge in [-0.2, -0.15) is 0 Å². The quantitative estimate of drug-likeness (QED) is 0.909. The molecule has 3 nitrogen and oxygen atoms in total. The summed E-state index contributed by atoms with van der Waals surface area (Å²) in [5.41, 5.74) is 0.979. The predicted molar refractivity (Wildman–Crippen MR) is 83.0 cm³/mol. The van der Waals surface area contributed by atoms with Crippen LogP contribution >= 0.6 is 11.6 Å². The molecule has 1 N–H and O–H groups in total. The molecule has 1 amide bonds. The summed E-state index contributed by atoms with van der Waals surface area (Å²) in [6.45, 7) is 0.447. The normalized spacial score (nSPS) is 15.3. The van der Waals surface area contributed by atoms with Gasteiger partial charge < -0.3 is 9.73 Å². The van der Waals surface area contributed by atoms with Crippen LogP contribution in [0.25, 0.3) is 11.3 Å². The van der Waals surface area contributed by atoms with Crippen LogP contribution in [-0.4, -0.2) is 5.91 Å². The molecule has 0 atom stereocenters. The van der Waals surface area contributed by atoms with Gasteiger partial charge in [-0.3, -0.25) is 4.79 Å². The molecule has 0 spiro atoms. The van der Waals surface area contributed by atoms with Crippen molar-refractivity contribution in [2.45, 2.75) is 32.2 Å². The lowest BCUT2D eigenvalue weighted by molar-refractivity contribution is -0.125. The summed E-state index contributed by atoms with van der Waals surface area (Å²) in [6.07, 6.45) is 4.36. The smallest absolute Gasteiger partial charge is 0.223 e. The third-order valence-corrected chi connectivity index (χ3v) is 4.21. The molecule has 1 aromatic carbocycles. The predicted octanol–water partition coefficient (Wildman–Crippen LogP) is 4.41. The van der Waals surface area contributed by atoms with Crippen LogP contribution in [0.3, 0.4) is 0 Å². The number of nitrogens with one attached hydrogen (secondary N) is 1. The Bertz CT molecular complexity index is 612. The van der Waals surface area contributed by atoms with E-state index in [0.717, 1.165) is 29.9 Å². The van der Waals surface area contributed by atoms with Crippen LogP contribution in [0.4, 0.5) is 0 Å². The molecule has 110 valence electrons. The van der Waals surface area contributed by atoms with E-state index in [2.05, 4.69) is 5.32 Å². The molecule has 3 rings (SSSR count). The van der Waals surface area contributed by atoms with E-state index < -0.39 is 0 Å². The number of amides is 1. The Morgan fingerprint density at radius 1 is 1.14 bits per heavy atom. The first-order valence-electron chi connectivity index (χ1n) is 7.35. The van der Waals surface area contributed by atoms with Crippen LogP contribution in [-0.2, 0) is 11.3 Å². The first-order valence-corrected chi connectivity index (χ1v) is 7.72. The highest BCUT2D eigenvalue weighted by Gasteiger charge is 2.22. The first kappa shape index (κ1) is 14.2. The molecule has 1 aromatic heterocycles. The highest BCUT2D eigenvalue weighted by atomic mass is 35.5. The van der Waals surface area contributed by atoms with E-state index in [1.54, 1.807) is 0 Å². The molecule has 0 bridgehead atoms. The average molecular weight is 304 g/mol. The van der Waals surface area contributed by atoms with E-state index in [4.69, 9.17) is 16.0 Å². The fraction of sp³-hybridized carbons (Fsp3) is 0.353. The van der Waals surface area contributed by atoms with E-state index in [1.807, 2.05) is 36.4 Å². The molecular formula is C17H18ClNO2. The summed E-state index contributed by atoms with van der Waals surface area (Å²) in [6, 6.07) is 11.3. The zero-order chi connectivity index (χ0) is 14.7. The van der Waals surface area contributed by atoms with Crippen molar-refractivity contribution >= 4 is 17.5 Å². The first-order chi connectivity index (χ1) is 10.2. The van der Waals surface area contributed by atoms with Crippen molar-refractivity contribution in [3.8, 4) is 11.3 Å². The Hall–Kier alpha value is -1.74. The second kappa shape index (κ2) is 6.35. The highest BCUT2D eigenvalue weighted by molar-refractivity contribution is 6.30. The molecular weight excluding hydrogens is 286 g/mol. The van der Waals surface area contributed by atoms with Crippen molar-refractivity contribution in [1.29, 1.82) is 0 Å². The fourth-order valence-electron chi connectivity index (χ4n) is 2.75. The summed E-state index contributed by atoms with van der Waals surface area (Å²) < 4.78 is 5.76. The van der Waals surface area contributed by atoms with Gasteiger partial charge >= 0.3 is 0 Å². The maximum atomic E-state index is 12.0. The maximum absolute atomic E-state index is 12.0. The number of carbonyl (C=O) groups is 1. The van der Waals surface area contributed by atoms with Crippen molar-refractivity contribution in [3.05, 3.63) is 47.2 Å². The van der Waals surface area contributed by atoms with Crippen LogP contribution in [0.5, 0.6) is 0 Å². The number of hydrogen-bond donors (Lipinski definition) is 1.